The lowest BCUT2D eigenvalue weighted by Crippen LogP contribution is -2.48. The van der Waals surface area contributed by atoms with E-state index < -0.39 is 17.3 Å². The molecule has 1 saturated heterocycles. The summed E-state index contributed by atoms with van der Waals surface area (Å²) in [5.41, 5.74) is 4.00. The highest BCUT2D eigenvalue weighted by Gasteiger charge is 2.41. The summed E-state index contributed by atoms with van der Waals surface area (Å²) in [5, 5.41) is 1.54. The van der Waals surface area contributed by atoms with E-state index in [1.54, 1.807) is 18.1 Å². The fourth-order valence-corrected chi connectivity index (χ4v) is 8.41. The summed E-state index contributed by atoms with van der Waals surface area (Å²) < 4.78 is 11.1. The van der Waals surface area contributed by atoms with Crippen molar-refractivity contribution in [3.8, 4) is 5.75 Å². The number of esters is 1. The number of hydrogen-bond acceptors (Lipinski definition) is 7. The second kappa shape index (κ2) is 16.2. The lowest BCUT2D eigenvalue weighted by atomic mass is 9.96. The number of ether oxygens (including phenoxy) is 2. The largest absolute Gasteiger partial charge is 0.497 e. The summed E-state index contributed by atoms with van der Waals surface area (Å²) in [5.74, 6) is -0.0490. The van der Waals surface area contributed by atoms with Gasteiger partial charge in [-0.2, -0.15) is 0 Å². The normalized spacial score (nSPS) is 18.7. The molecule has 2 aliphatic heterocycles. The van der Waals surface area contributed by atoms with Gasteiger partial charge < -0.3 is 19.3 Å². The van der Waals surface area contributed by atoms with E-state index in [0.717, 1.165) is 55.3 Å². The van der Waals surface area contributed by atoms with Gasteiger partial charge in [-0.05, 0) is 84.3 Å². The molecule has 0 spiro atoms. The molecule has 2 atom stereocenters. The zero-order valence-corrected chi connectivity index (χ0v) is 30.4. The number of methoxy groups -OCH3 is 1. The maximum atomic E-state index is 14.3. The fourth-order valence-electron chi connectivity index (χ4n) is 6.57. The molecule has 11 heteroatoms. The number of carbonyl (C=O) groups excluding carboxylic acids is 2. The summed E-state index contributed by atoms with van der Waals surface area (Å²) in [6.07, 6.45) is -0.265. The molecular formula is C38H38Cl3N3O4S. The van der Waals surface area contributed by atoms with Crippen LogP contribution in [0.2, 0.25) is 15.1 Å². The Morgan fingerprint density at radius 3 is 1.98 bits per heavy atom. The highest BCUT2D eigenvalue weighted by atomic mass is 35.5. The molecule has 1 amide bonds. The van der Waals surface area contributed by atoms with Gasteiger partial charge in [0.2, 0.25) is 0 Å². The van der Waals surface area contributed by atoms with Gasteiger partial charge >= 0.3 is 5.97 Å². The summed E-state index contributed by atoms with van der Waals surface area (Å²) in [7, 11) is 1.61. The molecule has 0 unspecified atom stereocenters. The Morgan fingerprint density at radius 2 is 1.41 bits per heavy atom. The van der Waals surface area contributed by atoms with E-state index in [1.807, 2.05) is 60.7 Å². The van der Waals surface area contributed by atoms with E-state index in [9.17, 15) is 9.59 Å². The fraction of sp³-hybridized carbons (Fsp3) is 0.316. The summed E-state index contributed by atoms with van der Waals surface area (Å²) in [6, 6.07) is 29.3. The number of hydrogen-bond donors (Lipinski definition) is 0. The Morgan fingerprint density at radius 1 is 0.816 bits per heavy atom. The van der Waals surface area contributed by atoms with Crippen LogP contribution in [-0.4, -0.2) is 74.2 Å². The highest BCUT2D eigenvalue weighted by Crippen LogP contribution is 2.48. The summed E-state index contributed by atoms with van der Waals surface area (Å²) >= 11 is 20.4. The van der Waals surface area contributed by atoms with Crippen molar-refractivity contribution in [1.82, 2.24) is 9.80 Å². The second-order valence-corrected chi connectivity index (χ2v) is 14.7. The number of benzene rings is 4. The molecule has 256 valence electrons. The van der Waals surface area contributed by atoms with Crippen LogP contribution in [0.5, 0.6) is 5.75 Å². The molecule has 0 saturated carbocycles. The van der Waals surface area contributed by atoms with E-state index >= 15 is 0 Å². The van der Waals surface area contributed by atoms with Crippen molar-refractivity contribution >= 4 is 64.1 Å². The van der Waals surface area contributed by atoms with Crippen LogP contribution in [0.4, 0.5) is 5.69 Å². The Kier molecular flexibility index (Phi) is 11.8. The van der Waals surface area contributed by atoms with Gasteiger partial charge in [-0.1, -0.05) is 71.2 Å². The van der Waals surface area contributed by atoms with Crippen LogP contribution >= 0.6 is 46.6 Å². The van der Waals surface area contributed by atoms with Crippen molar-refractivity contribution in [2.45, 2.75) is 35.6 Å². The average Bonchev–Trinajstić information content (AvgIpc) is 3.21. The van der Waals surface area contributed by atoms with Gasteiger partial charge in [0.05, 0.1) is 24.1 Å². The van der Waals surface area contributed by atoms with Crippen LogP contribution < -0.4 is 9.64 Å². The third-order valence-electron chi connectivity index (χ3n) is 8.99. The van der Waals surface area contributed by atoms with Gasteiger partial charge in [0.25, 0.3) is 5.91 Å². The molecule has 0 aliphatic carbocycles. The molecule has 0 radical (unpaired) electrons. The van der Waals surface area contributed by atoms with Crippen LogP contribution in [0.1, 0.15) is 41.3 Å². The van der Waals surface area contributed by atoms with E-state index in [4.69, 9.17) is 44.3 Å². The molecule has 4 aromatic carbocycles. The molecule has 2 aliphatic rings. The number of piperazine rings is 1. The van der Waals surface area contributed by atoms with E-state index in [1.165, 1.54) is 29.8 Å². The number of fused-ring (bicyclic) bond motifs is 1. The van der Waals surface area contributed by atoms with Gasteiger partial charge in [0, 0.05) is 59.6 Å². The van der Waals surface area contributed by atoms with E-state index in [-0.39, 0.29) is 11.9 Å². The first kappa shape index (κ1) is 35.6. The number of thioether (sulfide) groups is 1. The number of anilines is 1. The van der Waals surface area contributed by atoms with Crippen molar-refractivity contribution in [2.75, 3.05) is 51.3 Å². The van der Waals surface area contributed by atoms with Crippen LogP contribution in [0, 0.1) is 0 Å². The van der Waals surface area contributed by atoms with Crippen molar-refractivity contribution < 1.29 is 19.1 Å². The maximum absolute atomic E-state index is 14.3. The van der Waals surface area contributed by atoms with Gasteiger partial charge in [-0.3, -0.25) is 14.5 Å². The second-order valence-electron chi connectivity index (χ2n) is 12.2. The minimum absolute atomic E-state index is 0.0871. The third-order valence-corrected chi connectivity index (χ3v) is 11.1. The molecule has 0 aromatic heterocycles. The Balaban J connectivity index is 1.16. The lowest BCUT2D eigenvalue weighted by molar-refractivity contribution is -0.152. The van der Waals surface area contributed by atoms with Crippen molar-refractivity contribution in [2.24, 2.45) is 0 Å². The van der Waals surface area contributed by atoms with Crippen LogP contribution in [0.3, 0.4) is 0 Å². The maximum Gasteiger partial charge on any atom is 0.303 e. The number of amides is 1. The molecule has 6 rings (SSSR count). The number of halogens is 3. The molecule has 7 nitrogen and oxygen atoms in total. The number of nitrogens with zero attached hydrogens (tertiary/aromatic N) is 3. The Labute approximate surface area is 307 Å². The zero-order chi connectivity index (χ0) is 34.5. The quantitative estimate of drug-likeness (QED) is 0.151. The number of rotatable bonds is 10. The smallest absolute Gasteiger partial charge is 0.303 e. The predicted octanol–water partition coefficient (Wildman–Crippen LogP) is 8.56. The van der Waals surface area contributed by atoms with Crippen molar-refractivity contribution in [1.29, 1.82) is 0 Å². The zero-order valence-electron chi connectivity index (χ0n) is 27.4. The molecular weight excluding hydrogens is 701 g/mol. The van der Waals surface area contributed by atoms with Gasteiger partial charge in [-0.25, -0.2) is 0 Å². The Bertz CT molecular complexity index is 1700. The monoisotopic (exact) mass is 737 g/mol. The topological polar surface area (TPSA) is 62.3 Å². The third kappa shape index (κ3) is 8.56. The SMILES string of the molecule is COc1ccc([C@@H]2Sc3cc(Cl)ccc3N(CCCN3CCN(C(c4ccc(Cl)cc4)c4ccc(Cl)cc4)CC3)C(=O)[C@@H]2OC(C)=O)cc1. The van der Waals surface area contributed by atoms with Crippen LogP contribution in [0.25, 0.3) is 0 Å². The predicted molar refractivity (Wildman–Crippen MR) is 198 cm³/mol. The minimum atomic E-state index is -1.01. The first-order valence-electron chi connectivity index (χ1n) is 16.3. The van der Waals surface area contributed by atoms with Crippen LogP contribution in [-0.2, 0) is 14.3 Å². The molecule has 4 aromatic rings. The van der Waals surface area contributed by atoms with Gasteiger partial charge in [-0.15, -0.1) is 11.8 Å². The van der Waals surface area contributed by atoms with Crippen molar-refractivity contribution in [3.63, 3.8) is 0 Å². The van der Waals surface area contributed by atoms with E-state index in [0.29, 0.717) is 27.4 Å². The molecule has 49 heavy (non-hydrogen) atoms. The minimum Gasteiger partial charge on any atom is -0.497 e. The van der Waals surface area contributed by atoms with Crippen LogP contribution in [0.15, 0.2) is 95.9 Å². The van der Waals surface area contributed by atoms with Gasteiger partial charge in [0.1, 0.15) is 5.75 Å². The Hall–Kier alpha value is -3.24. The molecule has 2 heterocycles. The van der Waals surface area contributed by atoms with Crippen molar-refractivity contribution in [3.05, 3.63) is 123 Å². The first-order chi connectivity index (χ1) is 23.7. The molecule has 0 bridgehead atoms. The highest BCUT2D eigenvalue weighted by molar-refractivity contribution is 7.99. The molecule has 1 fully saturated rings. The van der Waals surface area contributed by atoms with Gasteiger partial charge in [0.15, 0.2) is 6.10 Å². The summed E-state index contributed by atoms with van der Waals surface area (Å²) in [4.78, 5) is 34.2. The standard InChI is InChI=1S/C38H38Cl3N3O4S/c1-25(45)48-36-37(28-8-15-32(47-2)16-9-28)49-34-24-31(41)14-17-33(34)44(38(36)46)19-3-18-42-20-22-43(23-21-42)35(26-4-10-29(39)11-5-26)27-6-12-30(40)13-7-27/h4-17,24,35-37H,3,18-23H2,1-2H3/t36-,37+/m1/s1. The lowest BCUT2D eigenvalue weighted by Gasteiger charge is -2.40. The summed E-state index contributed by atoms with van der Waals surface area (Å²) in [6.45, 7) is 6.18. The first-order valence-corrected chi connectivity index (χ1v) is 18.3. The number of carbonyl (C=O) groups is 2. The molecule has 0 N–H and O–H groups in total. The average molecular weight is 739 g/mol. The van der Waals surface area contributed by atoms with E-state index in [2.05, 4.69) is 34.1 Å².